The van der Waals surface area contributed by atoms with Crippen LogP contribution in [0.2, 0.25) is 5.02 Å². The maximum Gasteiger partial charge on any atom is 0.427 e. The molecule has 3 atom stereocenters. The van der Waals surface area contributed by atoms with Gasteiger partial charge in [0.2, 0.25) is 6.23 Å². The van der Waals surface area contributed by atoms with Crippen molar-refractivity contribution in [1.82, 2.24) is 10.6 Å². The predicted molar refractivity (Wildman–Crippen MR) is 120 cm³/mol. The highest BCUT2D eigenvalue weighted by Crippen LogP contribution is 2.30. The second kappa shape index (κ2) is 9.79. The van der Waals surface area contributed by atoms with E-state index in [0.717, 1.165) is 0 Å². The molecule has 2 N–H and O–H groups in total. The maximum atomic E-state index is 13.9. The minimum absolute atomic E-state index is 0.0217. The fraction of sp³-hybridized carbons (Fsp3) is 0.565. The van der Waals surface area contributed by atoms with Crippen molar-refractivity contribution in [3.8, 4) is 0 Å². The number of quaternary nitrogens is 1. The summed E-state index contributed by atoms with van der Waals surface area (Å²) in [6.45, 7) is 6.06. The zero-order valence-corrected chi connectivity index (χ0v) is 20.1. The highest BCUT2D eigenvalue weighted by atomic mass is 35.5. The van der Waals surface area contributed by atoms with E-state index in [-0.39, 0.29) is 30.1 Å². The molecule has 2 heterocycles. The number of hydrogen-bond acceptors (Lipinski definition) is 6. The number of benzene rings is 1. The van der Waals surface area contributed by atoms with E-state index in [1.165, 1.54) is 7.11 Å². The number of cyclic esters (lactones) is 1. The van der Waals surface area contributed by atoms with E-state index in [2.05, 4.69) is 10.6 Å². The predicted octanol–water partition coefficient (Wildman–Crippen LogP) is 2.62. The van der Waals surface area contributed by atoms with Crippen molar-refractivity contribution in [3.05, 3.63) is 34.9 Å². The molecule has 10 heteroatoms. The number of nitrogens with one attached hydrogen (secondary N) is 2. The number of ether oxygens (including phenoxy) is 2. The zero-order chi connectivity index (χ0) is 24.4. The van der Waals surface area contributed by atoms with Crippen molar-refractivity contribution in [1.29, 1.82) is 0 Å². The quantitative estimate of drug-likeness (QED) is 0.495. The van der Waals surface area contributed by atoms with Gasteiger partial charge < -0.3 is 14.8 Å². The van der Waals surface area contributed by atoms with Gasteiger partial charge in [0, 0.05) is 20.0 Å². The summed E-state index contributed by atoms with van der Waals surface area (Å²) in [5, 5.41) is 5.77. The number of amides is 4. The number of rotatable bonds is 5. The van der Waals surface area contributed by atoms with E-state index in [1.807, 2.05) is 20.8 Å². The van der Waals surface area contributed by atoms with Gasteiger partial charge in [0.1, 0.15) is 6.10 Å². The maximum absolute atomic E-state index is 13.9. The molecule has 4 amide bonds. The topological polar surface area (TPSA) is 111 Å². The van der Waals surface area contributed by atoms with Crippen LogP contribution in [-0.2, 0) is 19.1 Å². The zero-order valence-electron chi connectivity index (χ0n) is 19.4. The van der Waals surface area contributed by atoms with Crippen molar-refractivity contribution in [3.63, 3.8) is 0 Å². The lowest BCUT2D eigenvalue weighted by molar-refractivity contribution is -0.761. The lowest BCUT2D eigenvalue weighted by Gasteiger charge is -2.37. The van der Waals surface area contributed by atoms with Crippen LogP contribution in [0.25, 0.3) is 0 Å². The Morgan fingerprint density at radius 2 is 1.82 bits per heavy atom. The standard InChI is InChI=1S/C23H30ClN3O6/c1-23(2,3)18(25-19(29)14-9-5-6-10-15(14)24)21(30)27(11-7-8-12-27)22(31)26-20-16(32-4)13-17(28)33-20/h5-6,9-10,16,18,20H,7-8,11-13H2,1-4H3,(H-,25,26,29,31)/p+1/t16-,18+,20+/m0/s1. The molecule has 2 aliphatic heterocycles. The monoisotopic (exact) mass is 480 g/mol. The summed E-state index contributed by atoms with van der Waals surface area (Å²) in [5.74, 6) is -1.39. The minimum atomic E-state index is -0.968. The van der Waals surface area contributed by atoms with Crippen LogP contribution in [0.15, 0.2) is 24.3 Å². The lowest BCUT2D eigenvalue weighted by Crippen LogP contribution is -2.68. The fourth-order valence-electron chi connectivity index (χ4n) is 4.26. The number of likely N-dealkylation sites (tertiary alicyclic amines) is 1. The molecule has 0 unspecified atom stereocenters. The van der Waals surface area contributed by atoms with Gasteiger partial charge in [-0.25, -0.2) is 9.59 Å². The molecule has 0 saturated carbocycles. The van der Waals surface area contributed by atoms with Crippen molar-refractivity contribution >= 4 is 35.4 Å². The van der Waals surface area contributed by atoms with Gasteiger partial charge in [-0.05, 0) is 17.5 Å². The Labute approximate surface area is 198 Å². The van der Waals surface area contributed by atoms with Crippen LogP contribution in [0.1, 0.15) is 50.4 Å². The van der Waals surface area contributed by atoms with Gasteiger partial charge >= 0.3 is 17.9 Å². The molecular formula is C23H31ClN3O6+. The number of nitrogens with zero attached hydrogens (tertiary/aromatic N) is 1. The van der Waals surface area contributed by atoms with Gasteiger partial charge in [0.25, 0.3) is 5.91 Å². The molecule has 0 aliphatic carbocycles. The van der Waals surface area contributed by atoms with Gasteiger partial charge in [-0.2, -0.15) is 4.48 Å². The molecule has 180 valence electrons. The van der Waals surface area contributed by atoms with Crippen molar-refractivity contribution in [2.24, 2.45) is 5.41 Å². The lowest BCUT2D eigenvalue weighted by atomic mass is 9.85. The largest absolute Gasteiger partial charge is 0.439 e. The average Bonchev–Trinajstić information content (AvgIpc) is 3.38. The van der Waals surface area contributed by atoms with Crippen molar-refractivity contribution in [2.45, 2.75) is 58.4 Å². The average molecular weight is 481 g/mol. The van der Waals surface area contributed by atoms with E-state index >= 15 is 0 Å². The molecule has 33 heavy (non-hydrogen) atoms. The van der Waals surface area contributed by atoms with Crippen LogP contribution in [0.4, 0.5) is 4.79 Å². The molecule has 1 aromatic carbocycles. The summed E-state index contributed by atoms with van der Waals surface area (Å²) >= 11 is 6.17. The van der Waals surface area contributed by atoms with Gasteiger partial charge in [-0.3, -0.25) is 14.9 Å². The second-order valence-corrected chi connectivity index (χ2v) is 9.96. The van der Waals surface area contributed by atoms with E-state index in [1.54, 1.807) is 24.3 Å². The first-order chi connectivity index (χ1) is 15.5. The molecular weight excluding hydrogens is 450 g/mol. The highest BCUT2D eigenvalue weighted by Gasteiger charge is 2.54. The smallest absolute Gasteiger partial charge is 0.427 e. The van der Waals surface area contributed by atoms with Crippen LogP contribution >= 0.6 is 11.6 Å². The third-order valence-corrected chi connectivity index (χ3v) is 6.51. The first kappa shape index (κ1) is 25.1. The molecule has 2 aliphatic rings. The van der Waals surface area contributed by atoms with Crippen molar-refractivity contribution in [2.75, 3.05) is 20.2 Å². The number of methoxy groups -OCH3 is 1. The normalized spacial score (nSPS) is 23.0. The van der Waals surface area contributed by atoms with E-state index in [9.17, 15) is 19.2 Å². The van der Waals surface area contributed by atoms with E-state index in [0.29, 0.717) is 12.8 Å². The number of hydrogen-bond donors (Lipinski definition) is 2. The molecule has 2 fully saturated rings. The summed E-state index contributed by atoms with van der Waals surface area (Å²) in [4.78, 5) is 52.0. The Kier molecular flexibility index (Phi) is 7.45. The Balaban J connectivity index is 1.87. The molecule has 9 nitrogen and oxygen atoms in total. The van der Waals surface area contributed by atoms with E-state index in [4.69, 9.17) is 21.1 Å². The van der Waals surface area contributed by atoms with Gasteiger partial charge in [-0.1, -0.05) is 44.5 Å². The minimum Gasteiger partial charge on any atom is -0.439 e. The van der Waals surface area contributed by atoms with Crippen LogP contribution in [-0.4, -0.2) is 66.9 Å². The third-order valence-electron chi connectivity index (χ3n) is 6.18. The number of imide groups is 1. The summed E-state index contributed by atoms with van der Waals surface area (Å²) in [6, 6.07) is 5.04. The number of halogens is 1. The number of urea groups is 1. The summed E-state index contributed by atoms with van der Waals surface area (Å²) in [7, 11) is 1.43. The molecule has 0 bridgehead atoms. The van der Waals surface area contributed by atoms with Crippen LogP contribution in [0.5, 0.6) is 0 Å². The molecule has 0 aromatic heterocycles. The molecule has 2 saturated heterocycles. The van der Waals surface area contributed by atoms with Crippen LogP contribution in [0.3, 0.4) is 0 Å². The van der Waals surface area contributed by atoms with E-state index < -0.39 is 52.1 Å². The number of carbonyl (C=O) groups is 4. The Morgan fingerprint density at radius 1 is 1.18 bits per heavy atom. The Hall–Kier alpha value is -2.49. The number of esters is 1. The van der Waals surface area contributed by atoms with Gasteiger partial charge in [-0.15, -0.1) is 0 Å². The van der Waals surface area contributed by atoms with Crippen molar-refractivity contribution < 1.29 is 33.1 Å². The van der Waals surface area contributed by atoms with Crippen LogP contribution in [0, 0.1) is 5.41 Å². The highest BCUT2D eigenvalue weighted by molar-refractivity contribution is 6.33. The first-order valence-corrected chi connectivity index (χ1v) is 11.4. The molecule has 1 aromatic rings. The number of carbonyl (C=O) groups excluding carboxylic acids is 4. The fourth-order valence-corrected chi connectivity index (χ4v) is 4.48. The Morgan fingerprint density at radius 3 is 2.39 bits per heavy atom. The summed E-state index contributed by atoms with van der Waals surface area (Å²) in [5.41, 5.74) is -0.434. The Bertz CT molecular complexity index is 938. The third kappa shape index (κ3) is 5.20. The van der Waals surface area contributed by atoms with Crippen LogP contribution < -0.4 is 10.6 Å². The second-order valence-electron chi connectivity index (χ2n) is 9.55. The van der Waals surface area contributed by atoms with Gasteiger partial charge in [0.15, 0.2) is 6.04 Å². The van der Waals surface area contributed by atoms with Gasteiger partial charge in [0.05, 0.1) is 30.1 Å². The SMILES string of the molecule is CO[C@H]1CC(=O)O[C@H]1NC(=O)[N+]1(C(=O)[C@@H](NC(=O)c2ccccc2Cl)C(C)(C)C)CCCC1. The molecule has 0 radical (unpaired) electrons. The molecule has 3 rings (SSSR count). The summed E-state index contributed by atoms with van der Waals surface area (Å²) in [6.07, 6.45) is -0.227. The summed E-state index contributed by atoms with van der Waals surface area (Å²) < 4.78 is 9.93. The molecule has 0 spiro atoms. The first-order valence-electron chi connectivity index (χ1n) is 11.0.